The zero-order chi connectivity index (χ0) is 26.3. The molecule has 3 aromatic rings. The second-order valence-electron chi connectivity index (χ2n) is 10.1. The van der Waals surface area contributed by atoms with E-state index in [1.54, 1.807) is 43.3 Å². The van der Waals surface area contributed by atoms with E-state index in [2.05, 4.69) is 6.07 Å². The van der Waals surface area contributed by atoms with Crippen LogP contribution in [0.1, 0.15) is 25.3 Å². The van der Waals surface area contributed by atoms with Gasteiger partial charge >= 0.3 is 0 Å². The summed E-state index contributed by atoms with van der Waals surface area (Å²) in [5.41, 5.74) is -2.02. The van der Waals surface area contributed by atoms with Crippen molar-refractivity contribution in [3.8, 4) is 6.07 Å². The van der Waals surface area contributed by atoms with Crippen LogP contribution in [0, 0.1) is 23.2 Å². The van der Waals surface area contributed by atoms with Crippen LogP contribution in [0.5, 0.6) is 0 Å². The molecule has 188 valence electrons. The summed E-state index contributed by atoms with van der Waals surface area (Å²) < 4.78 is 7.71. The third kappa shape index (κ3) is 3.25. The minimum atomic E-state index is -1.26. The number of pyridine rings is 1. The van der Waals surface area contributed by atoms with Gasteiger partial charge in [0, 0.05) is 29.9 Å². The van der Waals surface area contributed by atoms with Gasteiger partial charge in [-0.15, -0.1) is 0 Å². The number of hydrogen-bond donors (Lipinski definition) is 1. The molecule has 5 atom stereocenters. The van der Waals surface area contributed by atoms with Crippen LogP contribution < -0.4 is 10.5 Å². The summed E-state index contributed by atoms with van der Waals surface area (Å²) in [7, 11) is 0. The van der Waals surface area contributed by atoms with Gasteiger partial charge in [-0.3, -0.25) is 14.4 Å². The quantitative estimate of drug-likeness (QED) is 0.508. The highest BCUT2D eigenvalue weighted by atomic mass is 35.5. The van der Waals surface area contributed by atoms with Crippen LogP contribution >= 0.6 is 23.2 Å². The fourth-order valence-electron chi connectivity index (χ4n) is 6.48. The summed E-state index contributed by atoms with van der Waals surface area (Å²) in [4.78, 5) is 41.6. The lowest BCUT2D eigenvalue weighted by atomic mass is 9.66. The monoisotopic (exact) mass is 537 g/mol. The van der Waals surface area contributed by atoms with E-state index in [-0.39, 0.29) is 29.4 Å². The molecule has 0 saturated carbocycles. The lowest BCUT2D eigenvalue weighted by Gasteiger charge is -2.33. The fourth-order valence-corrected chi connectivity index (χ4v) is 6.99. The van der Waals surface area contributed by atoms with Gasteiger partial charge in [0.2, 0.25) is 11.8 Å². The average molecular weight is 538 g/mol. The number of aryl methyl sites for hydroxylation is 1. The van der Waals surface area contributed by atoms with Gasteiger partial charge in [0.15, 0.2) is 0 Å². The number of halogens is 2. The number of ether oxygens (including phenoxy) is 1. The van der Waals surface area contributed by atoms with Crippen molar-refractivity contribution in [2.45, 2.75) is 43.6 Å². The number of fused-ring (bicyclic) bond motifs is 6. The first-order chi connectivity index (χ1) is 17.6. The lowest BCUT2D eigenvalue weighted by Crippen LogP contribution is -2.49. The molecule has 0 aliphatic carbocycles. The minimum absolute atomic E-state index is 0.0301. The van der Waals surface area contributed by atoms with Gasteiger partial charge in [0.05, 0.1) is 45.9 Å². The number of amides is 2. The lowest BCUT2D eigenvalue weighted by molar-refractivity contribution is -0.133. The van der Waals surface area contributed by atoms with Crippen LogP contribution in [-0.2, 0) is 20.9 Å². The van der Waals surface area contributed by atoms with E-state index in [1.807, 2.05) is 0 Å². The van der Waals surface area contributed by atoms with Crippen molar-refractivity contribution in [2.75, 3.05) is 4.90 Å². The number of aliphatic hydroxyl groups is 1. The standard InChI is InChI=1S/C27H21Cl2N3O5/c1-26-20(33)11-27(37-26,8-9-31-13-15(28)10-18(29)23(31)34)22-21(26)24(35)32(25(22)36)19-7-6-14(12-30)16-4-2-3-5-17(16)19/h2-7,10,13,20-22,33H,8-9,11H2,1H3/t20-,21-,22+,26-,27+/m0/s1. The number of nitrogens with zero attached hydrogens (tertiary/aromatic N) is 3. The molecule has 0 unspecified atom stereocenters. The molecule has 2 aromatic carbocycles. The predicted molar refractivity (Wildman–Crippen MR) is 136 cm³/mol. The van der Waals surface area contributed by atoms with Crippen LogP contribution in [0.4, 0.5) is 5.69 Å². The average Bonchev–Trinajstić information content (AvgIpc) is 3.41. The largest absolute Gasteiger partial charge is 0.390 e. The number of imide groups is 1. The van der Waals surface area contributed by atoms with Gasteiger partial charge in [0.25, 0.3) is 5.56 Å². The van der Waals surface area contributed by atoms with Gasteiger partial charge in [-0.25, -0.2) is 4.90 Å². The van der Waals surface area contributed by atoms with Gasteiger partial charge in [-0.2, -0.15) is 5.26 Å². The van der Waals surface area contributed by atoms with Crippen LogP contribution in [0.3, 0.4) is 0 Å². The number of nitriles is 1. The highest BCUT2D eigenvalue weighted by Gasteiger charge is 2.77. The van der Waals surface area contributed by atoms with E-state index in [1.165, 1.54) is 21.7 Å². The number of carbonyl (C=O) groups is 2. The highest BCUT2D eigenvalue weighted by Crippen LogP contribution is 2.62. The minimum Gasteiger partial charge on any atom is -0.390 e. The maximum Gasteiger partial charge on any atom is 0.269 e. The Morgan fingerprint density at radius 1 is 1.11 bits per heavy atom. The number of rotatable bonds is 4. The van der Waals surface area contributed by atoms with Crippen LogP contribution in [0.15, 0.2) is 53.5 Å². The van der Waals surface area contributed by atoms with Crippen molar-refractivity contribution >= 4 is 51.5 Å². The van der Waals surface area contributed by atoms with Gasteiger partial charge in [0.1, 0.15) is 10.6 Å². The van der Waals surface area contributed by atoms with E-state index in [0.717, 1.165) is 0 Å². The molecule has 2 bridgehead atoms. The first-order valence-corrected chi connectivity index (χ1v) is 12.6. The second-order valence-corrected chi connectivity index (χ2v) is 10.9. The number of benzene rings is 2. The SMILES string of the molecule is C[C@]12O[C@](CCn3cc(Cl)cc(Cl)c3=O)(C[C@@H]1O)[C@H]1C(=O)N(c3ccc(C#N)c4ccccc34)C(=O)[C@H]12. The van der Waals surface area contributed by atoms with E-state index >= 15 is 0 Å². The van der Waals surface area contributed by atoms with E-state index in [9.17, 15) is 24.8 Å². The number of hydrogen-bond acceptors (Lipinski definition) is 6. The Kier molecular flexibility index (Phi) is 5.31. The molecule has 37 heavy (non-hydrogen) atoms. The highest BCUT2D eigenvalue weighted by molar-refractivity contribution is 6.34. The van der Waals surface area contributed by atoms with Gasteiger partial charge in [-0.05, 0) is 31.5 Å². The van der Waals surface area contributed by atoms with Crippen LogP contribution in [0.2, 0.25) is 10.0 Å². The Balaban J connectivity index is 1.42. The Hall–Kier alpha value is -3.22. The molecule has 4 heterocycles. The zero-order valence-electron chi connectivity index (χ0n) is 19.6. The molecule has 3 saturated heterocycles. The molecule has 1 N–H and O–H groups in total. The third-order valence-electron chi connectivity index (χ3n) is 8.16. The summed E-state index contributed by atoms with van der Waals surface area (Å²) in [5.74, 6) is -2.60. The molecule has 0 spiro atoms. The van der Waals surface area contributed by atoms with E-state index in [0.29, 0.717) is 22.0 Å². The molecule has 3 aliphatic rings. The number of anilines is 1. The van der Waals surface area contributed by atoms with Crippen molar-refractivity contribution in [3.05, 3.63) is 74.6 Å². The number of carbonyl (C=O) groups excluding carboxylic acids is 2. The summed E-state index contributed by atoms with van der Waals surface area (Å²) in [6, 6.07) is 13.8. The summed E-state index contributed by atoms with van der Waals surface area (Å²) in [6.45, 7) is 1.80. The maximum absolute atomic E-state index is 14.0. The Labute approximate surface area is 221 Å². The van der Waals surface area contributed by atoms with Crippen LogP contribution in [-0.4, -0.2) is 38.8 Å². The third-order valence-corrected chi connectivity index (χ3v) is 8.64. The van der Waals surface area contributed by atoms with Crippen molar-refractivity contribution in [1.29, 1.82) is 5.26 Å². The van der Waals surface area contributed by atoms with Crippen molar-refractivity contribution < 1.29 is 19.4 Å². The zero-order valence-corrected chi connectivity index (χ0v) is 21.2. The topological polar surface area (TPSA) is 113 Å². The molecule has 3 fully saturated rings. The van der Waals surface area contributed by atoms with Crippen molar-refractivity contribution in [3.63, 3.8) is 0 Å². The van der Waals surface area contributed by atoms with Gasteiger partial charge in [-0.1, -0.05) is 47.5 Å². The molecule has 6 rings (SSSR count). The van der Waals surface area contributed by atoms with Gasteiger partial charge < -0.3 is 14.4 Å². The number of aromatic nitrogens is 1. The molecular formula is C27H21Cl2N3O5. The maximum atomic E-state index is 14.0. The van der Waals surface area contributed by atoms with E-state index in [4.69, 9.17) is 27.9 Å². The smallest absolute Gasteiger partial charge is 0.269 e. The molecule has 0 radical (unpaired) electrons. The number of aliphatic hydroxyl groups excluding tert-OH is 1. The Bertz CT molecular complexity index is 1610. The van der Waals surface area contributed by atoms with Crippen molar-refractivity contribution in [2.24, 2.45) is 11.8 Å². The molecule has 1 aromatic heterocycles. The normalized spacial score (nSPS) is 30.2. The predicted octanol–water partition coefficient (Wildman–Crippen LogP) is 3.67. The summed E-state index contributed by atoms with van der Waals surface area (Å²) >= 11 is 12.1. The first kappa shape index (κ1) is 24.1. The molecule has 10 heteroatoms. The Morgan fingerprint density at radius 2 is 1.81 bits per heavy atom. The molecule has 2 amide bonds. The van der Waals surface area contributed by atoms with Crippen LogP contribution in [0.25, 0.3) is 10.8 Å². The molecular weight excluding hydrogens is 517 g/mol. The Morgan fingerprint density at radius 3 is 2.54 bits per heavy atom. The fraction of sp³-hybridized carbons (Fsp3) is 0.333. The summed E-state index contributed by atoms with van der Waals surface area (Å²) in [6.07, 6.45) is 0.829. The molecule has 3 aliphatic heterocycles. The first-order valence-electron chi connectivity index (χ1n) is 11.8. The molecule has 8 nitrogen and oxygen atoms in total. The second kappa shape index (κ2) is 8.14. The van der Waals surface area contributed by atoms with E-state index < -0.39 is 46.5 Å². The summed E-state index contributed by atoms with van der Waals surface area (Å²) in [5, 5.41) is 22.0. The van der Waals surface area contributed by atoms with Crippen molar-refractivity contribution in [1.82, 2.24) is 4.57 Å².